The zero-order valence-electron chi connectivity index (χ0n) is 9.74. The molecular formula is C11H20N2O3. The number of rotatable bonds is 1. The van der Waals surface area contributed by atoms with E-state index < -0.39 is 5.60 Å². The monoisotopic (exact) mass is 228 g/mol. The fraction of sp³-hybridized carbons (Fsp3) is 0.909. The highest BCUT2D eigenvalue weighted by Crippen LogP contribution is 2.21. The lowest BCUT2D eigenvalue weighted by Gasteiger charge is -2.36. The Bertz CT molecular complexity index is 252. The molecule has 0 aromatic rings. The molecule has 2 aliphatic heterocycles. The van der Waals surface area contributed by atoms with Crippen molar-refractivity contribution in [2.75, 3.05) is 26.3 Å². The van der Waals surface area contributed by atoms with Gasteiger partial charge >= 0.3 is 6.03 Å². The molecule has 0 aliphatic carbocycles. The van der Waals surface area contributed by atoms with E-state index in [-0.39, 0.29) is 12.1 Å². The van der Waals surface area contributed by atoms with Gasteiger partial charge in [-0.2, -0.15) is 0 Å². The van der Waals surface area contributed by atoms with Gasteiger partial charge in [-0.3, -0.25) is 0 Å². The highest BCUT2D eigenvalue weighted by Gasteiger charge is 2.30. The summed E-state index contributed by atoms with van der Waals surface area (Å²) in [5.41, 5.74) is -0.604. The second-order valence-electron chi connectivity index (χ2n) is 4.99. The number of hydrogen-bond acceptors (Lipinski definition) is 3. The van der Waals surface area contributed by atoms with Gasteiger partial charge in [-0.25, -0.2) is 4.79 Å². The lowest BCUT2D eigenvalue weighted by Crippen LogP contribution is -2.51. The molecule has 1 atom stereocenters. The van der Waals surface area contributed by atoms with Gasteiger partial charge in [0, 0.05) is 19.7 Å². The van der Waals surface area contributed by atoms with Crippen LogP contribution in [0.25, 0.3) is 0 Å². The number of amides is 2. The van der Waals surface area contributed by atoms with Gasteiger partial charge in [0.05, 0.1) is 18.2 Å². The first-order valence-electron chi connectivity index (χ1n) is 5.92. The van der Waals surface area contributed by atoms with Crippen molar-refractivity contribution in [3.8, 4) is 0 Å². The summed E-state index contributed by atoms with van der Waals surface area (Å²) >= 11 is 0. The van der Waals surface area contributed by atoms with Crippen molar-refractivity contribution in [3.63, 3.8) is 0 Å². The first-order chi connectivity index (χ1) is 7.57. The molecule has 2 amide bonds. The fourth-order valence-electron chi connectivity index (χ4n) is 2.11. The molecular weight excluding hydrogens is 208 g/mol. The lowest BCUT2D eigenvalue weighted by molar-refractivity contribution is 0.00411. The molecule has 0 spiro atoms. The van der Waals surface area contributed by atoms with E-state index in [2.05, 4.69) is 5.32 Å². The summed E-state index contributed by atoms with van der Waals surface area (Å²) in [6.07, 6.45) is 2.21. The zero-order valence-corrected chi connectivity index (χ0v) is 9.74. The van der Waals surface area contributed by atoms with Crippen LogP contribution >= 0.6 is 0 Å². The van der Waals surface area contributed by atoms with Crippen molar-refractivity contribution in [3.05, 3.63) is 0 Å². The second-order valence-corrected chi connectivity index (χ2v) is 4.99. The van der Waals surface area contributed by atoms with Crippen LogP contribution in [0.1, 0.15) is 26.2 Å². The van der Waals surface area contributed by atoms with Crippen LogP contribution < -0.4 is 5.32 Å². The third-order valence-corrected chi connectivity index (χ3v) is 3.39. The average Bonchev–Trinajstić information content (AvgIpc) is 2.70. The minimum Gasteiger partial charge on any atom is -0.390 e. The van der Waals surface area contributed by atoms with Crippen LogP contribution in [0, 0.1) is 0 Å². The molecule has 0 aromatic heterocycles. The summed E-state index contributed by atoms with van der Waals surface area (Å²) in [4.78, 5) is 13.6. The van der Waals surface area contributed by atoms with Crippen LogP contribution in [0.15, 0.2) is 0 Å². The van der Waals surface area contributed by atoms with Crippen LogP contribution in [-0.2, 0) is 4.74 Å². The molecule has 92 valence electrons. The van der Waals surface area contributed by atoms with Gasteiger partial charge in [-0.15, -0.1) is 0 Å². The third-order valence-electron chi connectivity index (χ3n) is 3.39. The van der Waals surface area contributed by atoms with Crippen molar-refractivity contribution in [2.45, 2.75) is 37.8 Å². The fourth-order valence-corrected chi connectivity index (χ4v) is 2.11. The Balaban J connectivity index is 1.77. The number of piperidine rings is 1. The number of nitrogens with zero attached hydrogens (tertiary/aromatic N) is 1. The van der Waals surface area contributed by atoms with E-state index in [9.17, 15) is 9.90 Å². The molecule has 2 N–H and O–H groups in total. The Morgan fingerprint density at radius 1 is 1.50 bits per heavy atom. The number of ether oxygens (including phenoxy) is 1. The third kappa shape index (κ3) is 2.86. The Morgan fingerprint density at radius 2 is 2.19 bits per heavy atom. The molecule has 5 nitrogen and oxygen atoms in total. The van der Waals surface area contributed by atoms with Crippen LogP contribution in [0.2, 0.25) is 0 Å². The Morgan fingerprint density at radius 3 is 2.75 bits per heavy atom. The van der Waals surface area contributed by atoms with Crippen molar-refractivity contribution in [1.82, 2.24) is 10.2 Å². The van der Waals surface area contributed by atoms with E-state index in [1.165, 1.54) is 0 Å². The summed E-state index contributed by atoms with van der Waals surface area (Å²) in [7, 11) is 0. The quantitative estimate of drug-likeness (QED) is 0.680. The van der Waals surface area contributed by atoms with E-state index in [1.807, 2.05) is 6.92 Å². The molecule has 0 radical (unpaired) electrons. The normalized spacial score (nSPS) is 29.1. The Labute approximate surface area is 95.8 Å². The van der Waals surface area contributed by atoms with Crippen molar-refractivity contribution < 1.29 is 14.6 Å². The molecule has 2 aliphatic rings. The average molecular weight is 228 g/mol. The minimum atomic E-state index is -0.604. The van der Waals surface area contributed by atoms with E-state index in [0.717, 1.165) is 13.0 Å². The van der Waals surface area contributed by atoms with Gasteiger partial charge in [-0.1, -0.05) is 0 Å². The number of hydrogen-bond donors (Lipinski definition) is 2. The van der Waals surface area contributed by atoms with E-state index in [4.69, 9.17) is 4.74 Å². The van der Waals surface area contributed by atoms with Crippen LogP contribution in [-0.4, -0.2) is 54.0 Å². The maximum absolute atomic E-state index is 11.8. The van der Waals surface area contributed by atoms with Gasteiger partial charge in [-0.05, 0) is 26.2 Å². The van der Waals surface area contributed by atoms with Crippen molar-refractivity contribution in [1.29, 1.82) is 0 Å². The number of nitrogens with one attached hydrogen (secondary N) is 1. The summed E-state index contributed by atoms with van der Waals surface area (Å²) in [5, 5.41) is 12.7. The highest BCUT2D eigenvalue weighted by atomic mass is 16.5. The van der Waals surface area contributed by atoms with Crippen LogP contribution in [0.4, 0.5) is 4.79 Å². The number of carbonyl (C=O) groups is 1. The van der Waals surface area contributed by atoms with Gasteiger partial charge in [0.2, 0.25) is 0 Å². The molecule has 0 saturated carbocycles. The Hall–Kier alpha value is -0.810. The standard InChI is InChI=1S/C11H20N2O3/c1-11(15)3-5-13(6-4-11)10(14)12-9-2-7-16-8-9/h9,15H,2-8H2,1H3,(H,12,14). The molecule has 1 unspecified atom stereocenters. The van der Waals surface area contributed by atoms with Gasteiger partial charge < -0.3 is 20.1 Å². The molecule has 2 heterocycles. The molecule has 0 aromatic carbocycles. The van der Waals surface area contributed by atoms with Gasteiger partial charge in [0.25, 0.3) is 0 Å². The first-order valence-corrected chi connectivity index (χ1v) is 5.92. The Kier molecular flexibility index (Phi) is 3.35. The largest absolute Gasteiger partial charge is 0.390 e. The number of carbonyl (C=O) groups excluding carboxylic acids is 1. The maximum atomic E-state index is 11.8. The maximum Gasteiger partial charge on any atom is 0.317 e. The number of aliphatic hydroxyl groups is 1. The predicted octanol–water partition coefficient (Wildman–Crippen LogP) is 0.332. The molecule has 5 heteroatoms. The molecule has 16 heavy (non-hydrogen) atoms. The number of likely N-dealkylation sites (tertiary alicyclic amines) is 1. The predicted molar refractivity (Wildman–Crippen MR) is 59.2 cm³/mol. The molecule has 2 rings (SSSR count). The smallest absolute Gasteiger partial charge is 0.317 e. The molecule has 0 bridgehead atoms. The summed E-state index contributed by atoms with van der Waals surface area (Å²) in [6, 6.07) is 0.140. The molecule has 2 fully saturated rings. The van der Waals surface area contributed by atoms with Crippen molar-refractivity contribution >= 4 is 6.03 Å². The zero-order chi connectivity index (χ0) is 11.6. The second kappa shape index (κ2) is 4.59. The SMILES string of the molecule is CC1(O)CCN(C(=O)NC2CCOC2)CC1. The summed E-state index contributed by atoms with van der Waals surface area (Å²) < 4.78 is 5.21. The van der Waals surface area contributed by atoms with E-state index >= 15 is 0 Å². The summed E-state index contributed by atoms with van der Waals surface area (Å²) in [5.74, 6) is 0. The molecule has 2 saturated heterocycles. The van der Waals surface area contributed by atoms with Crippen LogP contribution in [0.3, 0.4) is 0 Å². The topological polar surface area (TPSA) is 61.8 Å². The number of urea groups is 1. The van der Waals surface area contributed by atoms with Gasteiger partial charge in [0.1, 0.15) is 0 Å². The van der Waals surface area contributed by atoms with Gasteiger partial charge in [0.15, 0.2) is 0 Å². The minimum absolute atomic E-state index is 0.0222. The summed E-state index contributed by atoms with van der Waals surface area (Å²) in [6.45, 7) is 4.45. The van der Waals surface area contributed by atoms with Crippen LogP contribution in [0.5, 0.6) is 0 Å². The highest BCUT2D eigenvalue weighted by molar-refractivity contribution is 5.74. The van der Waals surface area contributed by atoms with E-state index in [0.29, 0.717) is 32.5 Å². The first kappa shape index (κ1) is 11.7. The van der Waals surface area contributed by atoms with Crippen molar-refractivity contribution in [2.24, 2.45) is 0 Å². The van der Waals surface area contributed by atoms with E-state index in [1.54, 1.807) is 4.90 Å². The lowest BCUT2D eigenvalue weighted by atomic mass is 9.94.